The highest BCUT2D eigenvalue weighted by molar-refractivity contribution is 5.44. The van der Waals surface area contributed by atoms with E-state index in [1.807, 2.05) is 0 Å². The molecule has 0 saturated carbocycles. The van der Waals surface area contributed by atoms with Crippen molar-refractivity contribution in [3.63, 3.8) is 0 Å². The van der Waals surface area contributed by atoms with Crippen molar-refractivity contribution in [2.45, 2.75) is 46.6 Å². The van der Waals surface area contributed by atoms with E-state index in [9.17, 15) is 0 Å². The van der Waals surface area contributed by atoms with E-state index in [2.05, 4.69) is 46.8 Å². The van der Waals surface area contributed by atoms with E-state index in [0.29, 0.717) is 5.92 Å². The zero-order valence-corrected chi connectivity index (χ0v) is 11.9. The van der Waals surface area contributed by atoms with Crippen molar-refractivity contribution in [2.24, 2.45) is 11.7 Å². The van der Waals surface area contributed by atoms with Crippen molar-refractivity contribution in [3.8, 4) is 5.75 Å². The molecule has 1 atom stereocenters. The van der Waals surface area contributed by atoms with E-state index in [-0.39, 0.29) is 5.54 Å². The predicted molar refractivity (Wildman–Crippen MR) is 73.5 cm³/mol. The highest BCUT2D eigenvalue weighted by Gasteiger charge is 2.31. The SMILES string of the molecule is CCC(N)(c1cc(C)c(OC)cc1C)C(C)C. The molecule has 96 valence electrons. The van der Waals surface area contributed by atoms with Gasteiger partial charge in [0.25, 0.3) is 0 Å². The Hall–Kier alpha value is -1.02. The Labute approximate surface area is 105 Å². The fourth-order valence-electron chi connectivity index (χ4n) is 2.42. The first-order chi connectivity index (χ1) is 7.86. The molecule has 2 nitrogen and oxygen atoms in total. The van der Waals surface area contributed by atoms with Crippen molar-refractivity contribution in [3.05, 3.63) is 28.8 Å². The molecule has 0 amide bonds. The molecule has 2 heteroatoms. The quantitative estimate of drug-likeness (QED) is 0.866. The van der Waals surface area contributed by atoms with Gasteiger partial charge in [-0.05, 0) is 48.9 Å². The van der Waals surface area contributed by atoms with Crippen molar-refractivity contribution in [1.29, 1.82) is 0 Å². The Bertz CT molecular complexity index is 398. The number of benzene rings is 1. The van der Waals surface area contributed by atoms with Gasteiger partial charge >= 0.3 is 0 Å². The number of aryl methyl sites for hydroxylation is 2. The first-order valence-corrected chi connectivity index (χ1v) is 6.31. The third-order valence-electron chi connectivity index (χ3n) is 3.86. The number of rotatable bonds is 4. The van der Waals surface area contributed by atoms with E-state index >= 15 is 0 Å². The summed E-state index contributed by atoms with van der Waals surface area (Å²) < 4.78 is 5.35. The lowest BCUT2D eigenvalue weighted by Gasteiger charge is -2.35. The lowest BCUT2D eigenvalue weighted by atomic mass is 9.76. The molecule has 1 aromatic rings. The number of hydrogen-bond acceptors (Lipinski definition) is 2. The summed E-state index contributed by atoms with van der Waals surface area (Å²) in [4.78, 5) is 0. The zero-order valence-electron chi connectivity index (χ0n) is 11.9. The van der Waals surface area contributed by atoms with Gasteiger partial charge in [0.05, 0.1) is 7.11 Å². The third-order valence-corrected chi connectivity index (χ3v) is 3.86. The number of methoxy groups -OCH3 is 1. The third kappa shape index (κ3) is 2.47. The molecule has 0 radical (unpaired) electrons. The van der Waals surface area contributed by atoms with Crippen LogP contribution in [0.4, 0.5) is 0 Å². The maximum absolute atomic E-state index is 6.58. The van der Waals surface area contributed by atoms with Gasteiger partial charge in [-0.15, -0.1) is 0 Å². The zero-order chi connectivity index (χ0) is 13.2. The fourth-order valence-corrected chi connectivity index (χ4v) is 2.42. The minimum Gasteiger partial charge on any atom is -0.496 e. The van der Waals surface area contributed by atoms with Gasteiger partial charge in [0.2, 0.25) is 0 Å². The lowest BCUT2D eigenvalue weighted by molar-refractivity contribution is 0.303. The van der Waals surface area contributed by atoms with E-state index in [1.54, 1.807) is 7.11 Å². The topological polar surface area (TPSA) is 35.2 Å². The van der Waals surface area contributed by atoms with Crippen molar-refractivity contribution in [2.75, 3.05) is 7.11 Å². The maximum atomic E-state index is 6.58. The fraction of sp³-hybridized carbons (Fsp3) is 0.600. The number of ether oxygens (including phenoxy) is 1. The molecular formula is C15H25NO. The van der Waals surface area contributed by atoms with Crippen LogP contribution in [0.5, 0.6) is 5.75 Å². The molecular weight excluding hydrogens is 210 g/mol. The highest BCUT2D eigenvalue weighted by atomic mass is 16.5. The Morgan fingerprint density at radius 3 is 2.24 bits per heavy atom. The molecule has 0 bridgehead atoms. The van der Waals surface area contributed by atoms with Crippen LogP contribution >= 0.6 is 0 Å². The van der Waals surface area contributed by atoms with Gasteiger partial charge < -0.3 is 10.5 Å². The van der Waals surface area contributed by atoms with Crippen LogP contribution in [0.25, 0.3) is 0 Å². The van der Waals surface area contributed by atoms with Crippen LogP contribution < -0.4 is 10.5 Å². The molecule has 0 aliphatic rings. The van der Waals surface area contributed by atoms with Gasteiger partial charge in [-0.2, -0.15) is 0 Å². The molecule has 0 aromatic heterocycles. The van der Waals surface area contributed by atoms with E-state index in [1.165, 1.54) is 11.1 Å². The maximum Gasteiger partial charge on any atom is 0.122 e. The standard InChI is InChI=1S/C15H25NO/c1-7-15(16,10(2)3)13-8-12(5)14(17-6)9-11(13)4/h8-10H,7,16H2,1-6H3. The minimum absolute atomic E-state index is 0.249. The summed E-state index contributed by atoms with van der Waals surface area (Å²) in [6, 6.07) is 4.27. The molecule has 1 aromatic carbocycles. The van der Waals surface area contributed by atoms with Gasteiger partial charge in [-0.1, -0.05) is 26.8 Å². The second kappa shape index (κ2) is 5.09. The van der Waals surface area contributed by atoms with Crippen LogP contribution in [0.2, 0.25) is 0 Å². The molecule has 0 saturated heterocycles. The minimum atomic E-state index is -0.249. The molecule has 0 fully saturated rings. The monoisotopic (exact) mass is 235 g/mol. The molecule has 2 N–H and O–H groups in total. The van der Waals surface area contributed by atoms with Crippen LogP contribution in [0, 0.1) is 19.8 Å². The van der Waals surface area contributed by atoms with Crippen molar-refractivity contribution < 1.29 is 4.74 Å². The first-order valence-electron chi connectivity index (χ1n) is 6.31. The molecule has 0 aliphatic heterocycles. The highest BCUT2D eigenvalue weighted by Crippen LogP contribution is 2.35. The van der Waals surface area contributed by atoms with Gasteiger partial charge in [0, 0.05) is 5.54 Å². The second-order valence-electron chi connectivity index (χ2n) is 5.19. The summed E-state index contributed by atoms with van der Waals surface area (Å²) in [5, 5.41) is 0. The second-order valence-corrected chi connectivity index (χ2v) is 5.19. The normalized spacial score (nSPS) is 14.8. The molecule has 0 spiro atoms. The largest absolute Gasteiger partial charge is 0.496 e. The summed E-state index contributed by atoms with van der Waals surface area (Å²) in [5.74, 6) is 1.35. The lowest BCUT2D eigenvalue weighted by Crippen LogP contribution is -2.42. The predicted octanol–water partition coefficient (Wildman–Crippen LogP) is 3.53. The van der Waals surface area contributed by atoms with Crippen LogP contribution in [-0.2, 0) is 5.54 Å². The number of hydrogen-bond donors (Lipinski definition) is 1. The van der Waals surface area contributed by atoms with Gasteiger partial charge in [-0.25, -0.2) is 0 Å². The Kier molecular flexibility index (Phi) is 4.21. The van der Waals surface area contributed by atoms with Gasteiger partial charge in [0.15, 0.2) is 0 Å². The molecule has 0 aliphatic carbocycles. The smallest absolute Gasteiger partial charge is 0.122 e. The molecule has 17 heavy (non-hydrogen) atoms. The van der Waals surface area contributed by atoms with E-state index in [4.69, 9.17) is 10.5 Å². The Balaban J connectivity index is 3.36. The first kappa shape index (κ1) is 14.0. The van der Waals surface area contributed by atoms with Gasteiger partial charge in [0.1, 0.15) is 5.75 Å². The number of nitrogens with two attached hydrogens (primary N) is 1. The summed E-state index contributed by atoms with van der Waals surface area (Å²) in [6.07, 6.45) is 0.942. The van der Waals surface area contributed by atoms with Crippen molar-refractivity contribution in [1.82, 2.24) is 0 Å². The molecule has 0 heterocycles. The van der Waals surface area contributed by atoms with Crippen molar-refractivity contribution >= 4 is 0 Å². The molecule has 1 unspecified atom stereocenters. The van der Waals surface area contributed by atoms with E-state index in [0.717, 1.165) is 17.7 Å². The summed E-state index contributed by atoms with van der Waals surface area (Å²) in [7, 11) is 1.71. The van der Waals surface area contributed by atoms with Crippen LogP contribution in [0.1, 0.15) is 43.9 Å². The van der Waals surface area contributed by atoms with Crippen LogP contribution in [0.15, 0.2) is 12.1 Å². The van der Waals surface area contributed by atoms with Crippen LogP contribution in [-0.4, -0.2) is 7.11 Å². The summed E-state index contributed by atoms with van der Waals surface area (Å²) in [6.45, 7) is 10.7. The Morgan fingerprint density at radius 1 is 1.24 bits per heavy atom. The average Bonchev–Trinajstić information content (AvgIpc) is 2.30. The Morgan fingerprint density at radius 2 is 1.82 bits per heavy atom. The molecule has 1 rings (SSSR count). The van der Waals surface area contributed by atoms with Gasteiger partial charge in [-0.3, -0.25) is 0 Å². The van der Waals surface area contributed by atoms with E-state index < -0.39 is 0 Å². The average molecular weight is 235 g/mol. The van der Waals surface area contributed by atoms with Crippen LogP contribution in [0.3, 0.4) is 0 Å². The summed E-state index contributed by atoms with van der Waals surface area (Å²) >= 11 is 0. The summed E-state index contributed by atoms with van der Waals surface area (Å²) in [5.41, 5.74) is 9.94.